The van der Waals surface area contributed by atoms with Gasteiger partial charge in [-0.15, -0.1) is 0 Å². The molecule has 1 heterocycles. The van der Waals surface area contributed by atoms with Gasteiger partial charge in [0.15, 0.2) is 0 Å². The highest BCUT2D eigenvalue weighted by Crippen LogP contribution is 2.18. The minimum Gasteiger partial charge on any atom is -0.335 e. The average Bonchev–Trinajstić information content (AvgIpc) is 3.00. The Labute approximate surface area is 82.7 Å². The van der Waals surface area contributed by atoms with Crippen molar-refractivity contribution in [1.82, 2.24) is 15.6 Å². The molecule has 4 heteroatoms. The maximum absolute atomic E-state index is 11.2. The average molecular weight is 191 g/mol. The molecular weight excluding hydrogens is 178 g/mol. The molecule has 1 fully saturated rings. The zero-order valence-electron chi connectivity index (χ0n) is 7.86. The summed E-state index contributed by atoms with van der Waals surface area (Å²) < 4.78 is 0. The van der Waals surface area contributed by atoms with E-state index < -0.39 is 0 Å². The van der Waals surface area contributed by atoms with Crippen LogP contribution in [0.2, 0.25) is 0 Å². The largest absolute Gasteiger partial charge is 0.335 e. The number of aromatic nitrogens is 1. The highest BCUT2D eigenvalue weighted by atomic mass is 16.2. The van der Waals surface area contributed by atoms with Gasteiger partial charge in [0.1, 0.15) is 0 Å². The number of amides is 2. The molecule has 0 bridgehead atoms. The first-order chi connectivity index (χ1) is 6.84. The van der Waals surface area contributed by atoms with E-state index in [1.807, 2.05) is 18.2 Å². The Balaban J connectivity index is 1.73. The van der Waals surface area contributed by atoms with E-state index in [2.05, 4.69) is 15.6 Å². The number of rotatable bonds is 3. The van der Waals surface area contributed by atoms with Crippen LogP contribution in [-0.4, -0.2) is 17.1 Å². The number of hydrogen-bond donors (Lipinski definition) is 2. The minimum atomic E-state index is -0.0989. The van der Waals surface area contributed by atoms with Crippen molar-refractivity contribution in [3.8, 4) is 0 Å². The highest BCUT2D eigenvalue weighted by Gasteiger charge is 2.22. The van der Waals surface area contributed by atoms with Gasteiger partial charge in [-0.3, -0.25) is 4.98 Å². The molecule has 1 saturated carbocycles. The molecule has 2 N–H and O–H groups in total. The van der Waals surface area contributed by atoms with Crippen molar-refractivity contribution in [3.05, 3.63) is 30.1 Å². The smallest absolute Gasteiger partial charge is 0.315 e. The van der Waals surface area contributed by atoms with E-state index in [-0.39, 0.29) is 6.03 Å². The Morgan fingerprint density at radius 1 is 1.50 bits per heavy atom. The van der Waals surface area contributed by atoms with Gasteiger partial charge in [-0.1, -0.05) is 6.07 Å². The molecule has 0 unspecified atom stereocenters. The maximum atomic E-state index is 11.2. The number of hydrogen-bond acceptors (Lipinski definition) is 2. The van der Waals surface area contributed by atoms with Crippen LogP contribution in [0.4, 0.5) is 4.79 Å². The lowest BCUT2D eigenvalue weighted by molar-refractivity contribution is 0.240. The Bertz CT molecular complexity index is 308. The monoisotopic (exact) mass is 191 g/mol. The number of nitrogens with zero attached hydrogens (tertiary/aromatic N) is 1. The summed E-state index contributed by atoms with van der Waals surface area (Å²) in [4.78, 5) is 15.3. The quantitative estimate of drug-likeness (QED) is 0.750. The molecule has 4 nitrogen and oxygen atoms in total. The number of pyridine rings is 1. The van der Waals surface area contributed by atoms with Crippen LogP contribution in [0.1, 0.15) is 18.5 Å². The van der Waals surface area contributed by atoms with Gasteiger partial charge in [0.2, 0.25) is 0 Å². The zero-order chi connectivity index (χ0) is 9.80. The standard InChI is InChI=1S/C10H13N3O/c14-10(13-8-4-5-8)12-7-9-3-1-2-6-11-9/h1-3,6,8H,4-5,7H2,(H2,12,13,14). The van der Waals surface area contributed by atoms with Crippen molar-refractivity contribution in [2.45, 2.75) is 25.4 Å². The van der Waals surface area contributed by atoms with Crippen LogP contribution in [0.3, 0.4) is 0 Å². The van der Waals surface area contributed by atoms with E-state index in [0.29, 0.717) is 12.6 Å². The molecule has 0 radical (unpaired) electrons. The molecule has 0 aromatic carbocycles. The van der Waals surface area contributed by atoms with Gasteiger partial charge in [0, 0.05) is 12.2 Å². The van der Waals surface area contributed by atoms with E-state index in [0.717, 1.165) is 18.5 Å². The molecule has 0 atom stereocenters. The third-order valence-electron chi connectivity index (χ3n) is 2.07. The fraction of sp³-hybridized carbons (Fsp3) is 0.400. The lowest BCUT2D eigenvalue weighted by atomic mass is 10.3. The summed E-state index contributed by atoms with van der Waals surface area (Å²) in [5.41, 5.74) is 0.874. The van der Waals surface area contributed by atoms with Gasteiger partial charge >= 0.3 is 6.03 Å². The van der Waals surface area contributed by atoms with Crippen molar-refractivity contribution in [3.63, 3.8) is 0 Å². The third kappa shape index (κ3) is 2.73. The van der Waals surface area contributed by atoms with Gasteiger partial charge in [0.05, 0.1) is 12.2 Å². The first kappa shape index (κ1) is 8.99. The molecule has 0 spiro atoms. The predicted molar refractivity (Wildman–Crippen MR) is 52.6 cm³/mol. The van der Waals surface area contributed by atoms with Crippen molar-refractivity contribution in [1.29, 1.82) is 0 Å². The maximum Gasteiger partial charge on any atom is 0.315 e. The van der Waals surface area contributed by atoms with E-state index >= 15 is 0 Å². The van der Waals surface area contributed by atoms with E-state index in [1.54, 1.807) is 6.20 Å². The number of nitrogens with one attached hydrogen (secondary N) is 2. The van der Waals surface area contributed by atoms with Crippen molar-refractivity contribution in [2.75, 3.05) is 0 Å². The van der Waals surface area contributed by atoms with Crippen molar-refractivity contribution < 1.29 is 4.79 Å². The molecule has 0 aliphatic heterocycles. The fourth-order valence-corrected chi connectivity index (χ4v) is 1.14. The van der Waals surface area contributed by atoms with Gasteiger partial charge in [-0.05, 0) is 25.0 Å². The summed E-state index contributed by atoms with van der Waals surface area (Å²) in [5.74, 6) is 0. The number of carbonyl (C=O) groups excluding carboxylic acids is 1. The Morgan fingerprint density at radius 3 is 3.00 bits per heavy atom. The second-order valence-corrected chi connectivity index (χ2v) is 3.42. The first-order valence-electron chi connectivity index (χ1n) is 4.79. The van der Waals surface area contributed by atoms with E-state index in [9.17, 15) is 4.79 Å². The second kappa shape index (κ2) is 4.09. The summed E-state index contributed by atoms with van der Waals surface area (Å²) in [6.45, 7) is 0.486. The van der Waals surface area contributed by atoms with Gasteiger partial charge in [-0.25, -0.2) is 4.79 Å². The molecular formula is C10H13N3O. The van der Waals surface area contributed by atoms with Crippen LogP contribution in [0.5, 0.6) is 0 Å². The van der Waals surface area contributed by atoms with Gasteiger partial charge in [0.25, 0.3) is 0 Å². The van der Waals surface area contributed by atoms with Crippen LogP contribution in [-0.2, 0) is 6.54 Å². The molecule has 2 amide bonds. The normalized spacial score (nSPS) is 14.9. The second-order valence-electron chi connectivity index (χ2n) is 3.42. The molecule has 1 aromatic heterocycles. The number of carbonyl (C=O) groups is 1. The summed E-state index contributed by atoms with van der Waals surface area (Å²) >= 11 is 0. The van der Waals surface area contributed by atoms with Crippen LogP contribution in [0.25, 0.3) is 0 Å². The lowest BCUT2D eigenvalue weighted by Gasteiger charge is -2.05. The highest BCUT2D eigenvalue weighted by molar-refractivity contribution is 5.74. The molecule has 1 aromatic rings. The molecule has 1 aliphatic carbocycles. The SMILES string of the molecule is O=C(NCc1ccccn1)NC1CC1. The fourth-order valence-electron chi connectivity index (χ4n) is 1.14. The van der Waals surface area contributed by atoms with Gasteiger partial charge in [-0.2, -0.15) is 0 Å². The molecule has 14 heavy (non-hydrogen) atoms. The summed E-state index contributed by atoms with van der Waals surface area (Å²) in [5, 5.41) is 5.60. The summed E-state index contributed by atoms with van der Waals surface area (Å²) in [6, 6.07) is 5.95. The zero-order valence-corrected chi connectivity index (χ0v) is 7.86. The molecule has 74 valence electrons. The Morgan fingerprint density at radius 2 is 2.36 bits per heavy atom. The first-order valence-corrected chi connectivity index (χ1v) is 4.79. The topological polar surface area (TPSA) is 54.0 Å². The molecule has 0 saturated heterocycles. The molecule has 1 aliphatic rings. The van der Waals surface area contributed by atoms with Crippen LogP contribution in [0.15, 0.2) is 24.4 Å². The van der Waals surface area contributed by atoms with Crippen molar-refractivity contribution in [2.24, 2.45) is 0 Å². The van der Waals surface area contributed by atoms with Gasteiger partial charge < -0.3 is 10.6 Å². The Kier molecular flexibility index (Phi) is 2.62. The molecule has 2 rings (SSSR count). The predicted octanol–water partition coefficient (Wildman–Crippen LogP) is 1.04. The number of urea groups is 1. The Hall–Kier alpha value is -1.58. The van der Waals surface area contributed by atoms with Crippen LogP contribution < -0.4 is 10.6 Å². The minimum absolute atomic E-state index is 0.0989. The van der Waals surface area contributed by atoms with E-state index in [4.69, 9.17) is 0 Å². The summed E-state index contributed by atoms with van der Waals surface area (Å²) in [7, 11) is 0. The third-order valence-corrected chi connectivity index (χ3v) is 2.07. The van der Waals surface area contributed by atoms with Crippen LogP contribution >= 0.6 is 0 Å². The van der Waals surface area contributed by atoms with Crippen molar-refractivity contribution >= 4 is 6.03 Å². The lowest BCUT2D eigenvalue weighted by Crippen LogP contribution is -2.36. The van der Waals surface area contributed by atoms with Crippen LogP contribution in [0, 0.1) is 0 Å². The summed E-state index contributed by atoms with van der Waals surface area (Å²) in [6.07, 6.45) is 3.93. The van der Waals surface area contributed by atoms with E-state index in [1.165, 1.54) is 0 Å².